The third-order valence-electron chi connectivity index (χ3n) is 6.79. The molecule has 0 fully saturated rings. The molecule has 4 aromatic carbocycles. The number of thioether (sulfide) groups is 1. The molecular formula is C33H28F2O3S. The molecule has 0 unspecified atom stereocenters. The Morgan fingerprint density at radius 2 is 1.67 bits per heavy atom. The quantitative estimate of drug-likeness (QED) is 0.157. The van der Waals surface area contributed by atoms with Crippen molar-refractivity contribution in [1.29, 1.82) is 0 Å². The Kier molecular flexibility index (Phi) is 8.42. The minimum absolute atomic E-state index is 0.0108. The minimum atomic E-state index is -0.631. The van der Waals surface area contributed by atoms with Crippen LogP contribution in [-0.4, -0.2) is 12.2 Å². The van der Waals surface area contributed by atoms with Gasteiger partial charge in [0, 0.05) is 22.1 Å². The number of carbonyl (C=O) groups is 1. The summed E-state index contributed by atoms with van der Waals surface area (Å²) in [5, 5.41) is 0. The second kappa shape index (κ2) is 12.3. The fraction of sp³-hybridized carbons (Fsp3) is 0.182. The lowest BCUT2D eigenvalue weighted by Gasteiger charge is -2.16. The van der Waals surface area contributed by atoms with Crippen LogP contribution in [0.15, 0.2) is 95.9 Å². The highest BCUT2D eigenvalue weighted by atomic mass is 32.2. The summed E-state index contributed by atoms with van der Waals surface area (Å²) in [4.78, 5) is 13.9. The van der Waals surface area contributed by atoms with E-state index in [4.69, 9.17) is 9.47 Å². The predicted octanol–water partition coefficient (Wildman–Crippen LogP) is 8.72. The van der Waals surface area contributed by atoms with Crippen LogP contribution in [0.4, 0.5) is 8.78 Å². The maximum absolute atomic E-state index is 14.2. The molecular weight excluding hydrogens is 514 g/mol. The molecule has 0 bridgehead atoms. The molecule has 0 saturated carbocycles. The highest BCUT2D eigenvalue weighted by Gasteiger charge is 2.22. The van der Waals surface area contributed by atoms with Gasteiger partial charge >= 0.3 is 5.97 Å². The van der Waals surface area contributed by atoms with Crippen molar-refractivity contribution in [3.63, 3.8) is 0 Å². The number of ether oxygens (including phenoxy) is 2. The van der Waals surface area contributed by atoms with E-state index in [2.05, 4.69) is 6.07 Å². The van der Waals surface area contributed by atoms with Gasteiger partial charge in [0.1, 0.15) is 30.6 Å². The summed E-state index contributed by atoms with van der Waals surface area (Å²) in [7, 11) is 0. The second-order valence-electron chi connectivity index (χ2n) is 9.34. The maximum atomic E-state index is 14.2. The van der Waals surface area contributed by atoms with E-state index in [-0.39, 0.29) is 19.2 Å². The first-order valence-electron chi connectivity index (χ1n) is 12.8. The average Bonchev–Trinajstić information content (AvgIpc) is 3.46. The first kappa shape index (κ1) is 26.7. The van der Waals surface area contributed by atoms with Crippen molar-refractivity contribution < 1.29 is 23.0 Å². The topological polar surface area (TPSA) is 35.5 Å². The Morgan fingerprint density at radius 1 is 0.846 bits per heavy atom. The number of carbonyl (C=O) groups excluding carboxylic acids is 1. The first-order chi connectivity index (χ1) is 19.0. The summed E-state index contributed by atoms with van der Waals surface area (Å²) in [5.74, 6) is -0.970. The predicted molar refractivity (Wildman–Crippen MR) is 152 cm³/mol. The summed E-state index contributed by atoms with van der Waals surface area (Å²) in [6.07, 6.45) is 4.72. The molecule has 1 aliphatic rings. The van der Waals surface area contributed by atoms with Crippen LogP contribution < -0.4 is 4.74 Å². The fourth-order valence-electron chi connectivity index (χ4n) is 4.79. The van der Waals surface area contributed by atoms with Gasteiger partial charge in [0.15, 0.2) is 0 Å². The number of halogens is 2. The molecule has 0 spiro atoms. The molecule has 198 valence electrons. The van der Waals surface area contributed by atoms with Gasteiger partial charge in [-0.15, -0.1) is 11.8 Å². The van der Waals surface area contributed by atoms with Crippen LogP contribution in [0.25, 0.3) is 11.1 Å². The zero-order valence-electron chi connectivity index (χ0n) is 21.6. The molecule has 0 heterocycles. The van der Waals surface area contributed by atoms with Gasteiger partial charge < -0.3 is 9.47 Å². The molecule has 0 aromatic heterocycles. The smallest absolute Gasteiger partial charge is 0.338 e. The zero-order chi connectivity index (χ0) is 27.2. The van der Waals surface area contributed by atoms with E-state index >= 15 is 0 Å². The van der Waals surface area contributed by atoms with E-state index in [1.54, 1.807) is 17.8 Å². The van der Waals surface area contributed by atoms with Crippen molar-refractivity contribution in [2.24, 2.45) is 0 Å². The van der Waals surface area contributed by atoms with Gasteiger partial charge in [0.25, 0.3) is 0 Å². The highest BCUT2D eigenvalue weighted by Crippen LogP contribution is 2.44. The normalized spacial score (nSPS) is 13.0. The molecule has 5 rings (SSSR count). The van der Waals surface area contributed by atoms with Crippen LogP contribution in [0.5, 0.6) is 5.75 Å². The first-order valence-corrected chi connectivity index (χ1v) is 14.0. The second-order valence-corrected chi connectivity index (χ2v) is 10.2. The van der Waals surface area contributed by atoms with Crippen molar-refractivity contribution in [3.05, 3.63) is 130 Å². The Labute approximate surface area is 231 Å². The average molecular weight is 543 g/mol. The molecule has 1 aliphatic carbocycles. The van der Waals surface area contributed by atoms with E-state index < -0.39 is 11.6 Å². The maximum Gasteiger partial charge on any atom is 0.338 e. The van der Waals surface area contributed by atoms with Gasteiger partial charge in [-0.3, -0.25) is 0 Å². The van der Waals surface area contributed by atoms with Gasteiger partial charge in [-0.25, -0.2) is 13.6 Å². The third-order valence-corrected chi connectivity index (χ3v) is 7.51. The number of hydrogen-bond donors (Lipinski definition) is 0. The van der Waals surface area contributed by atoms with Crippen LogP contribution in [0.1, 0.15) is 51.9 Å². The Morgan fingerprint density at radius 3 is 2.46 bits per heavy atom. The highest BCUT2D eigenvalue weighted by molar-refractivity contribution is 7.98. The van der Waals surface area contributed by atoms with Gasteiger partial charge in [0.05, 0.1) is 5.56 Å². The van der Waals surface area contributed by atoms with E-state index in [0.29, 0.717) is 16.9 Å². The number of benzene rings is 4. The Balaban J connectivity index is 1.43. The van der Waals surface area contributed by atoms with Crippen molar-refractivity contribution in [1.82, 2.24) is 0 Å². The van der Waals surface area contributed by atoms with Crippen molar-refractivity contribution >= 4 is 28.9 Å². The van der Waals surface area contributed by atoms with E-state index in [1.165, 1.54) is 12.1 Å². The fourth-order valence-corrected chi connectivity index (χ4v) is 5.23. The summed E-state index contributed by atoms with van der Waals surface area (Å²) < 4.78 is 39.2. The van der Waals surface area contributed by atoms with Gasteiger partial charge in [-0.1, -0.05) is 42.5 Å². The molecule has 39 heavy (non-hydrogen) atoms. The van der Waals surface area contributed by atoms with Crippen molar-refractivity contribution in [2.45, 2.75) is 37.4 Å². The van der Waals surface area contributed by atoms with Crippen molar-refractivity contribution in [2.75, 3.05) is 6.26 Å². The van der Waals surface area contributed by atoms with E-state index in [1.807, 2.05) is 66.9 Å². The molecule has 6 heteroatoms. The lowest BCUT2D eigenvalue weighted by molar-refractivity contribution is 0.0472. The number of esters is 1. The molecule has 0 aliphatic heterocycles. The standard InChI is InChI=1S/C33H28F2O3S/c1-39-27-15-16-32(37-21-25-13-14-26(34)18-31(25)35)30(19-27)29-12-6-11-28(29)23-9-5-10-24(17-23)33(36)38-20-22-7-3-2-4-8-22/h2-5,7-10,13-19H,6,11-12,20-21H2,1H3. The number of rotatable bonds is 9. The molecule has 4 aromatic rings. The van der Waals surface area contributed by atoms with Gasteiger partial charge in [-0.05, 0) is 90.3 Å². The number of allylic oxidation sites excluding steroid dienone is 2. The molecule has 0 N–H and O–H groups in total. The largest absolute Gasteiger partial charge is 0.488 e. The van der Waals surface area contributed by atoms with Crippen LogP contribution in [0.2, 0.25) is 0 Å². The minimum Gasteiger partial charge on any atom is -0.488 e. The summed E-state index contributed by atoms with van der Waals surface area (Å²) in [6, 6.07) is 26.6. The van der Waals surface area contributed by atoms with E-state index in [0.717, 1.165) is 58.1 Å². The van der Waals surface area contributed by atoms with Gasteiger partial charge in [0.2, 0.25) is 0 Å². The molecule has 0 saturated heterocycles. The third kappa shape index (κ3) is 6.40. The van der Waals surface area contributed by atoms with Crippen LogP contribution in [0, 0.1) is 11.6 Å². The summed E-state index contributed by atoms with van der Waals surface area (Å²) >= 11 is 1.63. The number of hydrogen-bond acceptors (Lipinski definition) is 4. The SMILES string of the molecule is CSc1ccc(OCc2ccc(F)cc2F)c(C2=C(c3cccc(C(=O)OCc4ccccc4)c3)CCC2)c1. The molecule has 0 atom stereocenters. The molecule has 0 radical (unpaired) electrons. The summed E-state index contributed by atoms with van der Waals surface area (Å²) in [5.41, 5.74) is 5.96. The van der Waals surface area contributed by atoms with Crippen molar-refractivity contribution in [3.8, 4) is 5.75 Å². The van der Waals surface area contributed by atoms with Gasteiger partial charge in [-0.2, -0.15) is 0 Å². The Hall–Kier alpha value is -3.90. The molecule has 0 amide bonds. The van der Waals surface area contributed by atoms with E-state index in [9.17, 15) is 13.6 Å². The molecule has 3 nitrogen and oxygen atoms in total. The summed E-state index contributed by atoms with van der Waals surface area (Å²) in [6.45, 7) is 0.206. The van der Waals surface area contributed by atoms with Crippen LogP contribution in [0.3, 0.4) is 0 Å². The monoisotopic (exact) mass is 542 g/mol. The van der Waals surface area contributed by atoms with Crippen LogP contribution in [-0.2, 0) is 18.0 Å². The zero-order valence-corrected chi connectivity index (χ0v) is 22.4. The lowest BCUT2D eigenvalue weighted by atomic mass is 9.95. The van der Waals surface area contributed by atoms with Crippen LogP contribution >= 0.6 is 11.8 Å². The lowest BCUT2D eigenvalue weighted by Crippen LogP contribution is -2.05. The Bertz CT molecular complexity index is 1510.